The molecule has 2 atom stereocenters. The van der Waals surface area contributed by atoms with Crippen LogP contribution in [0.15, 0.2) is 41.3 Å². The number of nitrogens with one attached hydrogen (secondary N) is 1. The Labute approximate surface area is 164 Å². The summed E-state index contributed by atoms with van der Waals surface area (Å²) in [5, 5.41) is 6.72. The Balaban J connectivity index is 1.68. The van der Waals surface area contributed by atoms with Crippen LogP contribution in [0.3, 0.4) is 0 Å². The summed E-state index contributed by atoms with van der Waals surface area (Å²) in [5.74, 6) is 0.325. The van der Waals surface area contributed by atoms with Gasteiger partial charge < -0.3 is 9.72 Å². The van der Waals surface area contributed by atoms with Crippen molar-refractivity contribution in [3.63, 3.8) is 0 Å². The number of benzene rings is 2. The molecular formula is C21H23N3O3S. The maximum Gasteiger partial charge on any atom is 0.241 e. The first-order valence-corrected chi connectivity index (χ1v) is 11.0. The number of nitrogens with zero attached hydrogens (tertiary/aromatic N) is 1. The van der Waals surface area contributed by atoms with Gasteiger partial charge in [-0.1, -0.05) is 18.2 Å². The molecule has 3 heterocycles. The lowest BCUT2D eigenvalue weighted by molar-refractivity contribution is 0.104. The molecule has 0 aliphatic carbocycles. The Morgan fingerprint density at radius 1 is 1.21 bits per heavy atom. The summed E-state index contributed by atoms with van der Waals surface area (Å²) in [6.45, 7) is 3.05. The third-order valence-electron chi connectivity index (χ3n) is 6.21. The number of H-pyrrole nitrogens is 1. The van der Waals surface area contributed by atoms with Crippen molar-refractivity contribution in [1.82, 2.24) is 9.88 Å². The Kier molecular flexibility index (Phi) is 3.84. The number of primary sulfonamides is 1. The third-order valence-corrected chi connectivity index (χ3v) is 7.15. The summed E-state index contributed by atoms with van der Waals surface area (Å²) >= 11 is 0. The van der Waals surface area contributed by atoms with Crippen LogP contribution in [0.2, 0.25) is 0 Å². The minimum Gasteiger partial charge on any atom is -0.495 e. The molecule has 1 aromatic heterocycles. The number of hydrogen-bond donors (Lipinski definition) is 2. The van der Waals surface area contributed by atoms with E-state index in [9.17, 15) is 8.42 Å². The molecule has 28 heavy (non-hydrogen) atoms. The fraction of sp³-hybridized carbons (Fsp3) is 0.333. The highest BCUT2D eigenvalue weighted by molar-refractivity contribution is 7.89. The number of aromatic amines is 1. The molecule has 5 rings (SSSR count). The van der Waals surface area contributed by atoms with Gasteiger partial charge in [0, 0.05) is 35.2 Å². The average molecular weight is 398 g/mol. The largest absolute Gasteiger partial charge is 0.495 e. The van der Waals surface area contributed by atoms with Gasteiger partial charge in [-0.25, -0.2) is 13.6 Å². The number of ether oxygens (including phenoxy) is 1. The molecule has 0 fully saturated rings. The number of methoxy groups -OCH3 is 1. The van der Waals surface area contributed by atoms with Crippen LogP contribution in [0, 0.1) is 0 Å². The predicted molar refractivity (Wildman–Crippen MR) is 108 cm³/mol. The molecule has 6 nitrogen and oxygen atoms in total. The lowest BCUT2D eigenvalue weighted by Gasteiger charge is -2.45. The van der Waals surface area contributed by atoms with Crippen molar-refractivity contribution in [3.8, 4) is 5.75 Å². The second-order valence-corrected chi connectivity index (χ2v) is 9.35. The zero-order valence-corrected chi connectivity index (χ0v) is 16.7. The zero-order valence-electron chi connectivity index (χ0n) is 15.9. The van der Waals surface area contributed by atoms with E-state index in [-0.39, 0.29) is 10.9 Å². The molecule has 0 saturated heterocycles. The van der Waals surface area contributed by atoms with Crippen molar-refractivity contribution < 1.29 is 13.2 Å². The van der Waals surface area contributed by atoms with Crippen molar-refractivity contribution in [2.24, 2.45) is 5.14 Å². The predicted octanol–water partition coefficient (Wildman–Crippen LogP) is 2.87. The van der Waals surface area contributed by atoms with Gasteiger partial charge in [0.25, 0.3) is 0 Å². The minimum atomic E-state index is -3.86. The summed E-state index contributed by atoms with van der Waals surface area (Å²) in [6.07, 6.45) is 1.69. The number of hydrogen-bond acceptors (Lipinski definition) is 4. The van der Waals surface area contributed by atoms with Gasteiger partial charge in [-0.2, -0.15) is 0 Å². The van der Waals surface area contributed by atoms with Crippen LogP contribution in [0.25, 0.3) is 10.9 Å². The topological polar surface area (TPSA) is 88.4 Å². The van der Waals surface area contributed by atoms with E-state index in [1.807, 2.05) is 12.1 Å². The molecule has 2 aliphatic rings. The van der Waals surface area contributed by atoms with E-state index in [4.69, 9.17) is 9.88 Å². The van der Waals surface area contributed by atoms with Crippen LogP contribution in [0.5, 0.6) is 5.75 Å². The van der Waals surface area contributed by atoms with Gasteiger partial charge in [0.05, 0.1) is 7.11 Å². The van der Waals surface area contributed by atoms with E-state index in [1.54, 1.807) is 6.07 Å². The normalized spacial score (nSPS) is 21.8. The second-order valence-electron chi connectivity index (χ2n) is 7.82. The molecule has 146 valence electrons. The highest BCUT2D eigenvalue weighted by atomic mass is 32.2. The molecule has 0 amide bonds. The van der Waals surface area contributed by atoms with E-state index >= 15 is 0 Å². The quantitative estimate of drug-likeness (QED) is 0.696. The van der Waals surface area contributed by atoms with Gasteiger partial charge in [0.15, 0.2) is 0 Å². The first kappa shape index (κ1) is 17.7. The summed E-state index contributed by atoms with van der Waals surface area (Å²) in [4.78, 5) is 6.09. The first-order valence-electron chi connectivity index (χ1n) is 9.44. The van der Waals surface area contributed by atoms with Gasteiger partial charge in [-0.15, -0.1) is 0 Å². The van der Waals surface area contributed by atoms with Crippen LogP contribution < -0.4 is 9.88 Å². The number of para-hydroxylation sites is 1. The number of nitrogens with two attached hydrogens (primary N) is 1. The average Bonchev–Trinajstić information content (AvgIpc) is 3.03. The van der Waals surface area contributed by atoms with Crippen LogP contribution in [-0.2, 0) is 29.4 Å². The molecule has 0 bridgehead atoms. The van der Waals surface area contributed by atoms with Crippen LogP contribution in [0.4, 0.5) is 0 Å². The van der Waals surface area contributed by atoms with Gasteiger partial charge in [-0.05, 0) is 54.7 Å². The smallest absolute Gasteiger partial charge is 0.241 e. The van der Waals surface area contributed by atoms with E-state index < -0.39 is 10.0 Å². The van der Waals surface area contributed by atoms with Gasteiger partial charge in [0.1, 0.15) is 10.6 Å². The standard InChI is InChI=1S/C21H23N3O3S/c1-12-7-13-8-20(27-2)21(28(22,25)26)10-15(13)19-9-16-14-5-3-4-6-17(14)23-18(16)11-24(12)19/h3-6,8,10,12,19,23H,7,9,11H2,1-2H3,(H2,22,25,26)/t12?,19-/m0/s1. The lowest BCUT2D eigenvalue weighted by Crippen LogP contribution is -2.45. The van der Waals surface area contributed by atoms with Crippen LogP contribution in [-0.4, -0.2) is 31.5 Å². The number of aromatic nitrogens is 1. The summed E-state index contributed by atoms with van der Waals surface area (Å²) in [6, 6.07) is 12.4. The van der Waals surface area contributed by atoms with Gasteiger partial charge >= 0.3 is 0 Å². The Morgan fingerprint density at radius 2 is 2.00 bits per heavy atom. The first-order chi connectivity index (χ1) is 13.4. The van der Waals surface area contributed by atoms with Crippen LogP contribution in [0.1, 0.15) is 35.3 Å². The molecule has 0 radical (unpaired) electrons. The molecule has 2 aromatic carbocycles. The zero-order chi connectivity index (χ0) is 19.6. The third kappa shape index (κ3) is 2.57. The Morgan fingerprint density at radius 3 is 2.75 bits per heavy atom. The fourth-order valence-corrected chi connectivity index (χ4v) is 5.61. The molecule has 3 aromatic rings. The van der Waals surface area contributed by atoms with Crippen molar-refractivity contribution >= 4 is 20.9 Å². The molecule has 7 heteroatoms. The Bertz CT molecular complexity index is 1200. The van der Waals surface area contributed by atoms with E-state index in [1.165, 1.54) is 23.8 Å². The van der Waals surface area contributed by atoms with Crippen molar-refractivity contribution in [2.75, 3.05) is 7.11 Å². The van der Waals surface area contributed by atoms with Crippen molar-refractivity contribution in [3.05, 3.63) is 58.8 Å². The number of fused-ring (bicyclic) bond motifs is 6. The van der Waals surface area contributed by atoms with Gasteiger partial charge in [-0.3, -0.25) is 4.90 Å². The molecule has 2 aliphatic heterocycles. The maximum atomic E-state index is 12.1. The minimum absolute atomic E-state index is 0.0629. The number of sulfonamides is 1. The highest BCUT2D eigenvalue weighted by Gasteiger charge is 2.38. The van der Waals surface area contributed by atoms with E-state index in [0.29, 0.717) is 11.8 Å². The fourth-order valence-electron chi connectivity index (χ4n) is 4.90. The van der Waals surface area contributed by atoms with Crippen LogP contribution >= 0.6 is 0 Å². The van der Waals surface area contributed by atoms with Gasteiger partial charge in [0.2, 0.25) is 10.0 Å². The molecule has 0 saturated carbocycles. The molecular weight excluding hydrogens is 374 g/mol. The monoisotopic (exact) mass is 397 g/mol. The second kappa shape index (κ2) is 6.07. The lowest BCUT2D eigenvalue weighted by atomic mass is 9.82. The molecule has 1 unspecified atom stereocenters. The van der Waals surface area contributed by atoms with Crippen molar-refractivity contribution in [1.29, 1.82) is 0 Å². The highest BCUT2D eigenvalue weighted by Crippen LogP contribution is 2.44. The van der Waals surface area contributed by atoms with Crippen molar-refractivity contribution in [2.45, 2.75) is 43.3 Å². The summed E-state index contributed by atoms with van der Waals surface area (Å²) < 4.78 is 29.6. The number of rotatable bonds is 2. The summed E-state index contributed by atoms with van der Waals surface area (Å²) in [5.41, 5.74) is 5.91. The molecule has 0 spiro atoms. The Hall–Kier alpha value is -2.35. The van der Waals surface area contributed by atoms with E-state index in [0.717, 1.165) is 36.0 Å². The molecule has 3 N–H and O–H groups in total. The van der Waals surface area contributed by atoms with E-state index in [2.05, 4.69) is 35.0 Å². The maximum absolute atomic E-state index is 12.1. The summed E-state index contributed by atoms with van der Waals surface area (Å²) in [7, 11) is -2.38. The SMILES string of the molecule is COc1cc2c(cc1S(N)(=O)=O)[C@@H]1Cc3c([nH]c4ccccc34)CN1C(C)C2.